The summed E-state index contributed by atoms with van der Waals surface area (Å²) in [6.45, 7) is 0. The average molecular weight is 507 g/mol. The number of rotatable bonds is 3. The minimum Gasteiger partial charge on any atom is -0.428 e. The second-order valence-electron chi connectivity index (χ2n) is 5.75. The molecule has 0 aliphatic rings. The molecule has 16 heteroatoms. The van der Waals surface area contributed by atoms with Crippen LogP contribution in [0.3, 0.4) is 0 Å². The Bertz CT molecular complexity index is 1280. The Labute approximate surface area is 181 Å². The third-order valence-electron chi connectivity index (χ3n) is 3.70. The van der Waals surface area contributed by atoms with Crippen molar-refractivity contribution in [3.05, 3.63) is 59.8 Å². The van der Waals surface area contributed by atoms with Crippen molar-refractivity contribution >= 4 is 34.5 Å². The summed E-state index contributed by atoms with van der Waals surface area (Å²) in [4.78, 5) is 24.7. The molecule has 166 valence electrons. The van der Waals surface area contributed by atoms with E-state index in [4.69, 9.17) is 27.9 Å². The molecule has 3 rings (SSSR count). The van der Waals surface area contributed by atoms with Gasteiger partial charge in [0.05, 0.1) is 15.7 Å². The maximum Gasteiger partial charge on any atom is 0.445 e. The van der Waals surface area contributed by atoms with Gasteiger partial charge in [0.1, 0.15) is 5.69 Å². The number of alkyl halides is 6. The molecular weight excluding hydrogens is 501 g/mol. The molecule has 2 heterocycles. The summed E-state index contributed by atoms with van der Waals surface area (Å²) < 4.78 is 82.6. The number of halogens is 8. The summed E-state index contributed by atoms with van der Waals surface area (Å²) in [5.74, 6) is -0.375. The van der Waals surface area contributed by atoms with Gasteiger partial charge < -0.3 is 4.74 Å². The average Bonchev–Trinajstić information content (AvgIpc) is 3.10. The third kappa shape index (κ3) is 4.55. The van der Waals surface area contributed by atoms with Crippen LogP contribution in [0.25, 0.3) is 5.69 Å². The minimum atomic E-state index is -4.97. The van der Waals surface area contributed by atoms with Gasteiger partial charge in [0, 0.05) is 19.2 Å². The zero-order valence-corrected chi connectivity index (χ0v) is 17.0. The summed E-state index contributed by atoms with van der Waals surface area (Å²) in [5, 5.41) is 3.69. The highest BCUT2D eigenvalue weighted by molar-refractivity contribution is 7.13. The van der Waals surface area contributed by atoms with E-state index in [0.29, 0.717) is 4.57 Å². The lowest BCUT2D eigenvalue weighted by molar-refractivity contribution is -0.144. The molecule has 0 fully saturated rings. The Morgan fingerprint density at radius 3 is 2.16 bits per heavy atom. The van der Waals surface area contributed by atoms with Crippen LogP contribution >= 0.6 is 34.5 Å². The van der Waals surface area contributed by atoms with E-state index in [-0.39, 0.29) is 37.8 Å². The number of aromatic nitrogens is 4. The zero-order valence-electron chi connectivity index (χ0n) is 14.7. The molecular formula is C15H6Cl2F6N4O3S. The molecule has 0 saturated carbocycles. The van der Waals surface area contributed by atoms with Gasteiger partial charge in [-0.05, 0) is 6.07 Å². The summed E-state index contributed by atoms with van der Waals surface area (Å²) >= 11 is 12.0. The lowest BCUT2D eigenvalue weighted by Crippen LogP contribution is -2.40. The molecule has 0 amide bonds. The summed E-state index contributed by atoms with van der Waals surface area (Å²) in [6.07, 6.45) is -9.74. The van der Waals surface area contributed by atoms with E-state index < -0.39 is 45.2 Å². The molecule has 1 aromatic carbocycles. The molecule has 0 unspecified atom stereocenters. The molecule has 7 nitrogen and oxygen atoms in total. The Morgan fingerprint density at radius 1 is 0.968 bits per heavy atom. The van der Waals surface area contributed by atoms with Crippen LogP contribution in [0.4, 0.5) is 26.3 Å². The SMILES string of the molecule is Cn1c(C(F)(F)F)cc(=O)n(-c2cc(Oc3nnc(C(F)(F)F)s3)c(Cl)cc2Cl)c1=O. The van der Waals surface area contributed by atoms with Gasteiger partial charge in [-0.25, -0.2) is 9.36 Å². The van der Waals surface area contributed by atoms with Crippen molar-refractivity contribution in [2.75, 3.05) is 0 Å². The van der Waals surface area contributed by atoms with Crippen LogP contribution in [0.15, 0.2) is 27.8 Å². The Kier molecular flexibility index (Phi) is 5.84. The lowest BCUT2D eigenvalue weighted by Gasteiger charge is -2.15. The van der Waals surface area contributed by atoms with Crippen LogP contribution in [0.2, 0.25) is 10.0 Å². The van der Waals surface area contributed by atoms with Gasteiger partial charge in [-0.3, -0.25) is 9.36 Å². The van der Waals surface area contributed by atoms with E-state index >= 15 is 0 Å². The van der Waals surface area contributed by atoms with Crippen molar-refractivity contribution in [1.29, 1.82) is 0 Å². The number of hydrogen-bond acceptors (Lipinski definition) is 6. The lowest BCUT2D eigenvalue weighted by atomic mass is 10.2. The van der Waals surface area contributed by atoms with E-state index in [1.54, 1.807) is 0 Å². The van der Waals surface area contributed by atoms with Crippen LogP contribution in [0, 0.1) is 0 Å². The van der Waals surface area contributed by atoms with Crippen molar-refractivity contribution in [2.45, 2.75) is 12.4 Å². The molecule has 0 saturated heterocycles. The fourth-order valence-corrected chi connectivity index (χ4v) is 3.43. The van der Waals surface area contributed by atoms with Gasteiger partial charge in [0.25, 0.3) is 10.8 Å². The van der Waals surface area contributed by atoms with Gasteiger partial charge in [0.2, 0.25) is 5.01 Å². The first kappa shape index (κ1) is 23.1. The number of nitrogens with zero attached hydrogens (tertiary/aromatic N) is 4. The smallest absolute Gasteiger partial charge is 0.428 e. The first-order valence-electron chi connectivity index (χ1n) is 7.68. The molecule has 0 N–H and O–H groups in total. The molecule has 0 atom stereocenters. The maximum atomic E-state index is 13.0. The van der Waals surface area contributed by atoms with E-state index in [0.717, 1.165) is 19.2 Å². The summed E-state index contributed by atoms with van der Waals surface area (Å²) in [5.41, 5.74) is -4.65. The van der Waals surface area contributed by atoms with E-state index in [9.17, 15) is 35.9 Å². The fraction of sp³-hybridized carbons (Fsp3) is 0.200. The van der Waals surface area contributed by atoms with Crippen LogP contribution in [0.1, 0.15) is 10.7 Å². The predicted molar refractivity (Wildman–Crippen MR) is 97.3 cm³/mol. The van der Waals surface area contributed by atoms with E-state index in [1.165, 1.54) is 0 Å². The van der Waals surface area contributed by atoms with Crippen LogP contribution in [0.5, 0.6) is 10.9 Å². The highest BCUT2D eigenvalue weighted by atomic mass is 35.5. The van der Waals surface area contributed by atoms with Gasteiger partial charge in [-0.2, -0.15) is 26.3 Å². The van der Waals surface area contributed by atoms with Crippen LogP contribution in [-0.2, 0) is 19.4 Å². The third-order valence-corrected chi connectivity index (χ3v) is 5.14. The number of benzene rings is 1. The second-order valence-corrected chi connectivity index (χ2v) is 7.50. The normalized spacial score (nSPS) is 12.3. The van der Waals surface area contributed by atoms with Gasteiger partial charge in [-0.1, -0.05) is 39.6 Å². The molecule has 0 aliphatic heterocycles. The highest BCUT2D eigenvalue weighted by Gasteiger charge is 2.37. The molecule has 0 radical (unpaired) electrons. The molecule has 3 aromatic rings. The maximum absolute atomic E-state index is 13.0. The Balaban J connectivity index is 2.13. The highest BCUT2D eigenvalue weighted by Crippen LogP contribution is 2.39. The van der Waals surface area contributed by atoms with Crippen molar-refractivity contribution < 1.29 is 31.1 Å². The first-order chi connectivity index (χ1) is 14.2. The fourth-order valence-electron chi connectivity index (χ4n) is 2.35. The molecule has 0 bridgehead atoms. The van der Waals surface area contributed by atoms with E-state index in [2.05, 4.69) is 10.2 Å². The van der Waals surface area contributed by atoms with Gasteiger partial charge in [0.15, 0.2) is 5.75 Å². The zero-order chi connectivity index (χ0) is 23.3. The summed E-state index contributed by atoms with van der Waals surface area (Å²) in [6, 6.07) is 2.08. The van der Waals surface area contributed by atoms with Crippen molar-refractivity contribution in [2.24, 2.45) is 7.05 Å². The van der Waals surface area contributed by atoms with Crippen LogP contribution < -0.4 is 16.0 Å². The molecule has 31 heavy (non-hydrogen) atoms. The second kappa shape index (κ2) is 7.84. The van der Waals surface area contributed by atoms with Crippen molar-refractivity contribution in [3.8, 4) is 16.6 Å². The molecule has 0 aliphatic carbocycles. The Hall–Kier alpha value is -2.58. The standard InChI is InChI=1S/C15H6Cl2F6N4O3S/c1-26-9(14(18,19)20)4-10(28)27(13(26)29)7-3-8(6(17)2-5(7)16)30-12-25-24-11(31-12)15(21,22)23/h2-4H,1H3. The molecule has 0 spiro atoms. The van der Waals surface area contributed by atoms with Crippen LogP contribution in [-0.4, -0.2) is 19.3 Å². The topological polar surface area (TPSA) is 79.0 Å². The quantitative estimate of drug-likeness (QED) is 0.488. The predicted octanol–water partition coefficient (Wildman–Crippen LogP) is 4.52. The molecule has 2 aromatic heterocycles. The number of hydrogen-bond donors (Lipinski definition) is 0. The van der Waals surface area contributed by atoms with Gasteiger partial charge >= 0.3 is 18.0 Å². The minimum absolute atomic E-state index is 0.0422. The van der Waals surface area contributed by atoms with Crippen molar-refractivity contribution in [3.63, 3.8) is 0 Å². The van der Waals surface area contributed by atoms with Gasteiger partial charge in [-0.15, -0.1) is 5.10 Å². The largest absolute Gasteiger partial charge is 0.445 e. The number of ether oxygens (including phenoxy) is 1. The summed E-state index contributed by atoms with van der Waals surface area (Å²) in [7, 11) is 0.794. The first-order valence-corrected chi connectivity index (χ1v) is 9.25. The monoisotopic (exact) mass is 506 g/mol. The van der Waals surface area contributed by atoms with Crippen molar-refractivity contribution in [1.82, 2.24) is 19.3 Å². The Morgan fingerprint density at radius 2 is 1.61 bits per heavy atom. The van der Waals surface area contributed by atoms with E-state index in [1.807, 2.05) is 0 Å².